The zero-order valence-electron chi connectivity index (χ0n) is 18.0. The van der Waals surface area contributed by atoms with Crippen molar-refractivity contribution >= 4 is 23.2 Å². The largest absolute Gasteiger partial charge is 0.345 e. The van der Waals surface area contributed by atoms with Crippen molar-refractivity contribution in [2.24, 2.45) is 0 Å². The molecule has 0 unspecified atom stereocenters. The van der Waals surface area contributed by atoms with Crippen molar-refractivity contribution in [1.82, 2.24) is 25.0 Å². The van der Waals surface area contributed by atoms with Gasteiger partial charge in [-0.2, -0.15) is 0 Å². The number of benzene rings is 2. The van der Waals surface area contributed by atoms with Gasteiger partial charge < -0.3 is 10.2 Å². The van der Waals surface area contributed by atoms with Gasteiger partial charge >= 0.3 is 0 Å². The molecule has 33 heavy (non-hydrogen) atoms. The van der Waals surface area contributed by atoms with Crippen molar-refractivity contribution in [3.63, 3.8) is 0 Å². The number of para-hydroxylation sites is 1. The van der Waals surface area contributed by atoms with Crippen LogP contribution >= 0.6 is 11.3 Å². The average molecular weight is 458 g/mol. The first-order valence-corrected chi connectivity index (χ1v) is 11.8. The van der Waals surface area contributed by atoms with E-state index in [9.17, 15) is 9.59 Å². The zero-order chi connectivity index (χ0) is 22.6. The minimum absolute atomic E-state index is 0.0459. The summed E-state index contributed by atoms with van der Waals surface area (Å²) in [5.74, 6) is 0.411. The summed E-state index contributed by atoms with van der Waals surface area (Å²) >= 11 is 1.54. The topological polar surface area (TPSA) is 80.1 Å². The second-order valence-corrected chi connectivity index (χ2v) is 8.81. The van der Waals surface area contributed by atoms with Crippen molar-refractivity contribution in [3.8, 4) is 16.4 Å². The van der Waals surface area contributed by atoms with Gasteiger partial charge in [0.25, 0.3) is 11.8 Å². The van der Waals surface area contributed by atoms with Crippen LogP contribution in [0.1, 0.15) is 39.4 Å². The number of aromatic nitrogens is 3. The van der Waals surface area contributed by atoms with Crippen LogP contribution in [0.15, 0.2) is 72.1 Å². The molecule has 1 saturated heterocycles. The van der Waals surface area contributed by atoms with Crippen molar-refractivity contribution in [2.45, 2.75) is 19.4 Å². The van der Waals surface area contributed by atoms with Crippen molar-refractivity contribution < 1.29 is 9.59 Å². The van der Waals surface area contributed by atoms with Gasteiger partial charge in [0.2, 0.25) is 5.82 Å². The molecule has 0 spiro atoms. The van der Waals surface area contributed by atoms with E-state index in [1.54, 1.807) is 16.0 Å². The fraction of sp³-hybridized carbons (Fsp3) is 0.200. The molecule has 1 fully saturated rings. The van der Waals surface area contributed by atoms with E-state index in [0.717, 1.165) is 42.1 Å². The minimum atomic E-state index is -0.362. The SMILES string of the molecule is O=C(NCc1cccc(C(=O)N2CCCC2)c1)c1nc(-c2cccs2)n(-c2ccccc2)n1. The number of carbonyl (C=O) groups is 2. The fourth-order valence-corrected chi connectivity index (χ4v) is 4.60. The molecule has 4 aromatic rings. The smallest absolute Gasteiger partial charge is 0.291 e. The van der Waals surface area contributed by atoms with E-state index in [0.29, 0.717) is 11.4 Å². The predicted molar refractivity (Wildman–Crippen MR) is 127 cm³/mol. The molecule has 2 aromatic heterocycles. The van der Waals surface area contributed by atoms with Crippen LogP contribution < -0.4 is 5.32 Å². The molecule has 5 rings (SSSR count). The molecule has 166 valence electrons. The number of thiophene rings is 1. The van der Waals surface area contributed by atoms with E-state index in [-0.39, 0.29) is 24.2 Å². The molecule has 1 aliphatic rings. The van der Waals surface area contributed by atoms with Crippen molar-refractivity contribution in [2.75, 3.05) is 13.1 Å². The molecule has 8 heteroatoms. The normalized spacial score (nSPS) is 13.3. The van der Waals surface area contributed by atoms with Crippen LogP contribution in [0.4, 0.5) is 0 Å². The lowest BCUT2D eigenvalue weighted by Gasteiger charge is -2.15. The highest BCUT2D eigenvalue weighted by Gasteiger charge is 2.21. The van der Waals surface area contributed by atoms with Crippen molar-refractivity contribution in [3.05, 3.63) is 89.1 Å². The van der Waals surface area contributed by atoms with Gasteiger partial charge in [-0.25, -0.2) is 9.67 Å². The quantitative estimate of drug-likeness (QED) is 0.471. The maximum absolute atomic E-state index is 12.9. The Labute approximate surface area is 195 Å². The van der Waals surface area contributed by atoms with Gasteiger partial charge in [-0.15, -0.1) is 16.4 Å². The highest BCUT2D eigenvalue weighted by atomic mass is 32.1. The first-order chi connectivity index (χ1) is 16.2. The summed E-state index contributed by atoms with van der Waals surface area (Å²) < 4.78 is 1.69. The Balaban J connectivity index is 1.33. The fourth-order valence-electron chi connectivity index (χ4n) is 3.90. The summed E-state index contributed by atoms with van der Waals surface area (Å²) in [4.78, 5) is 32.9. The van der Waals surface area contributed by atoms with Crippen molar-refractivity contribution in [1.29, 1.82) is 0 Å². The van der Waals surface area contributed by atoms with E-state index in [4.69, 9.17) is 0 Å². The molecule has 2 aromatic carbocycles. The predicted octanol–water partition coefficient (Wildman–Crippen LogP) is 4.16. The Bertz CT molecular complexity index is 1260. The first-order valence-electron chi connectivity index (χ1n) is 10.9. The number of rotatable bonds is 6. The molecule has 7 nitrogen and oxygen atoms in total. The summed E-state index contributed by atoms with van der Waals surface area (Å²) in [5, 5.41) is 9.34. The Morgan fingerprint density at radius 3 is 2.55 bits per heavy atom. The number of amides is 2. The van der Waals surface area contributed by atoms with Gasteiger partial charge in [-0.1, -0.05) is 36.4 Å². The number of hydrogen-bond donors (Lipinski definition) is 1. The zero-order valence-corrected chi connectivity index (χ0v) is 18.8. The lowest BCUT2D eigenvalue weighted by molar-refractivity contribution is 0.0792. The summed E-state index contributed by atoms with van der Waals surface area (Å²) in [6.45, 7) is 1.90. The van der Waals surface area contributed by atoms with Gasteiger partial charge in [0.1, 0.15) is 0 Å². The number of nitrogens with one attached hydrogen (secondary N) is 1. The van der Waals surface area contributed by atoms with Gasteiger partial charge in [-0.05, 0) is 54.1 Å². The lowest BCUT2D eigenvalue weighted by Crippen LogP contribution is -2.28. The molecule has 2 amide bonds. The van der Waals surface area contributed by atoms with E-state index in [2.05, 4.69) is 15.4 Å². The van der Waals surface area contributed by atoms with E-state index < -0.39 is 0 Å². The third kappa shape index (κ3) is 4.56. The van der Waals surface area contributed by atoms with Gasteiger partial charge in [-0.3, -0.25) is 9.59 Å². The van der Waals surface area contributed by atoms with Crippen LogP contribution in [0.3, 0.4) is 0 Å². The van der Waals surface area contributed by atoms with Crippen LogP contribution in [0.2, 0.25) is 0 Å². The standard InChI is InChI=1S/C25H23N5O2S/c31-24(26-17-18-8-6-9-19(16-18)25(32)29-13-4-5-14-29)22-27-23(21-12-7-15-33-21)30(28-22)20-10-2-1-3-11-20/h1-3,6-12,15-16H,4-5,13-14,17H2,(H,26,31). The highest BCUT2D eigenvalue weighted by molar-refractivity contribution is 7.13. The average Bonchev–Trinajstić information content (AvgIpc) is 3.64. The summed E-state index contributed by atoms with van der Waals surface area (Å²) in [7, 11) is 0. The molecular weight excluding hydrogens is 434 g/mol. The lowest BCUT2D eigenvalue weighted by atomic mass is 10.1. The molecule has 0 radical (unpaired) electrons. The van der Waals surface area contributed by atoms with E-state index in [1.165, 1.54) is 0 Å². The van der Waals surface area contributed by atoms with Gasteiger partial charge in [0, 0.05) is 25.2 Å². The Morgan fingerprint density at radius 1 is 0.970 bits per heavy atom. The third-order valence-corrected chi connectivity index (χ3v) is 6.44. The van der Waals surface area contributed by atoms with Crippen LogP contribution in [-0.4, -0.2) is 44.6 Å². The molecule has 0 atom stereocenters. The minimum Gasteiger partial charge on any atom is -0.345 e. The number of likely N-dealkylation sites (tertiary alicyclic amines) is 1. The molecular formula is C25H23N5O2S. The molecule has 0 aliphatic carbocycles. The Morgan fingerprint density at radius 2 is 1.79 bits per heavy atom. The summed E-state index contributed by atoms with van der Waals surface area (Å²) in [6.07, 6.45) is 2.11. The first kappa shape index (κ1) is 21.1. The van der Waals surface area contributed by atoms with E-state index >= 15 is 0 Å². The number of nitrogens with zero attached hydrogens (tertiary/aromatic N) is 4. The van der Waals surface area contributed by atoms with Crippen LogP contribution in [-0.2, 0) is 6.54 Å². The van der Waals surface area contributed by atoms with Gasteiger partial charge in [0.05, 0.1) is 10.6 Å². The summed E-state index contributed by atoms with van der Waals surface area (Å²) in [6, 6.07) is 20.9. The second-order valence-electron chi connectivity index (χ2n) is 7.87. The van der Waals surface area contributed by atoms with Crippen LogP contribution in [0.25, 0.3) is 16.4 Å². The molecule has 0 saturated carbocycles. The third-order valence-electron chi connectivity index (χ3n) is 5.57. The number of hydrogen-bond acceptors (Lipinski definition) is 5. The van der Waals surface area contributed by atoms with E-state index in [1.807, 2.05) is 77.0 Å². The maximum atomic E-state index is 12.9. The number of carbonyl (C=O) groups excluding carboxylic acids is 2. The molecule has 1 N–H and O–H groups in total. The molecule has 0 bridgehead atoms. The maximum Gasteiger partial charge on any atom is 0.291 e. The summed E-state index contributed by atoms with van der Waals surface area (Å²) in [5.41, 5.74) is 2.34. The highest BCUT2D eigenvalue weighted by Crippen LogP contribution is 2.25. The van der Waals surface area contributed by atoms with Gasteiger partial charge in [0.15, 0.2) is 5.82 Å². The Kier molecular flexibility index (Phi) is 5.99. The second kappa shape index (κ2) is 9.38. The monoisotopic (exact) mass is 457 g/mol. The Hall–Kier alpha value is -3.78. The molecule has 1 aliphatic heterocycles. The molecule has 3 heterocycles. The van der Waals surface area contributed by atoms with Crippen LogP contribution in [0, 0.1) is 0 Å². The van der Waals surface area contributed by atoms with Crippen LogP contribution in [0.5, 0.6) is 0 Å².